The van der Waals surface area contributed by atoms with E-state index in [0.29, 0.717) is 12.2 Å². The third-order valence-electron chi connectivity index (χ3n) is 6.13. The summed E-state index contributed by atoms with van der Waals surface area (Å²) < 4.78 is 21.4. The Kier molecular flexibility index (Phi) is 7.32. The molecule has 2 aromatic carbocycles. The zero-order valence-corrected chi connectivity index (χ0v) is 18.8. The topological polar surface area (TPSA) is 59.3 Å². The van der Waals surface area contributed by atoms with Crippen LogP contribution in [0.4, 0.5) is 10.1 Å². The standard InChI is InChI=1S/C24H31FN6O/c1-3-4-8-23(30-16-14-29(15-17-30)22-9-6-5-7-21(22)25)24-26-27-28-31(24)18-19-10-12-20(32-2)13-11-19/h5-7,9-13,23H,3-4,8,14-18H2,1-2H3/t23-/m0/s1. The van der Waals surface area contributed by atoms with Gasteiger partial charge in [0.25, 0.3) is 0 Å². The fourth-order valence-electron chi connectivity index (χ4n) is 4.32. The predicted octanol–water partition coefficient (Wildman–Crippen LogP) is 3.92. The number of ether oxygens (including phenoxy) is 1. The molecule has 1 aliphatic rings. The molecule has 0 saturated carbocycles. The zero-order valence-electron chi connectivity index (χ0n) is 18.8. The summed E-state index contributed by atoms with van der Waals surface area (Å²) in [5.41, 5.74) is 1.81. The molecule has 0 bridgehead atoms. The number of rotatable bonds is 9. The summed E-state index contributed by atoms with van der Waals surface area (Å²) in [6.07, 6.45) is 3.22. The van der Waals surface area contributed by atoms with Crippen LogP contribution in [0.15, 0.2) is 48.5 Å². The molecule has 2 heterocycles. The fourth-order valence-corrected chi connectivity index (χ4v) is 4.32. The number of hydrogen-bond acceptors (Lipinski definition) is 6. The van der Waals surface area contributed by atoms with Crippen molar-refractivity contribution < 1.29 is 9.13 Å². The molecule has 1 atom stereocenters. The summed E-state index contributed by atoms with van der Waals surface area (Å²) in [5.74, 6) is 1.57. The minimum atomic E-state index is -0.160. The molecule has 1 aromatic heterocycles. The molecule has 170 valence electrons. The van der Waals surface area contributed by atoms with Gasteiger partial charge in [-0.25, -0.2) is 9.07 Å². The van der Waals surface area contributed by atoms with Crippen LogP contribution < -0.4 is 9.64 Å². The van der Waals surface area contributed by atoms with Gasteiger partial charge in [-0.1, -0.05) is 44.0 Å². The van der Waals surface area contributed by atoms with Crippen LogP contribution in [0.5, 0.6) is 5.75 Å². The molecule has 0 spiro atoms. The number of para-hydroxylation sites is 1. The molecular weight excluding hydrogens is 407 g/mol. The summed E-state index contributed by atoms with van der Waals surface area (Å²) in [7, 11) is 1.67. The van der Waals surface area contributed by atoms with Crippen LogP contribution in [0.1, 0.15) is 43.6 Å². The molecule has 1 aliphatic heterocycles. The number of benzene rings is 2. The molecular formula is C24H31FN6O. The van der Waals surface area contributed by atoms with Gasteiger partial charge in [0.15, 0.2) is 5.82 Å². The van der Waals surface area contributed by atoms with Crippen molar-refractivity contribution in [2.24, 2.45) is 0 Å². The van der Waals surface area contributed by atoms with Gasteiger partial charge >= 0.3 is 0 Å². The van der Waals surface area contributed by atoms with Crippen LogP contribution in [0, 0.1) is 5.82 Å². The first-order chi connectivity index (χ1) is 15.7. The molecule has 1 saturated heterocycles. The number of nitrogens with zero attached hydrogens (tertiary/aromatic N) is 6. The van der Waals surface area contributed by atoms with Crippen molar-refractivity contribution in [1.82, 2.24) is 25.1 Å². The van der Waals surface area contributed by atoms with E-state index in [9.17, 15) is 4.39 Å². The van der Waals surface area contributed by atoms with E-state index >= 15 is 0 Å². The molecule has 0 unspecified atom stereocenters. The molecule has 8 heteroatoms. The van der Waals surface area contributed by atoms with E-state index in [-0.39, 0.29) is 11.9 Å². The number of aromatic nitrogens is 4. The number of unbranched alkanes of at least 4 members (excludes halogenated alkanes) is 1. The van der Waals surface area contributed by atoms with Crippen LogP contribution >= 0.6 is 0 Å². The molecule has 3 aromatic rings. The Morgan fingerprint density at radius 1 is 1.03 bits per heavy atom. The van der Waals surface area contributed by atoms with E-state index in [2.05, 4.69) is 32.2 Å². The summed E-state index contributed by atoms with van der Waals surface area (Å²) in [6, 6.07) is 15.1. The van der Waals surface area contributed by atoms with Gasteiger partial charge in [0, 0.05) is 26.2 Å². The second-order valence-corrected chi connectivity index (χ2v) is 8.18. The number of piperazine rings is 1. The van der Waals surface area contributed by atoms with Crippen molar-refractivity contribution in [2.75, 3.05) is 38.2 Å². The lowest BCUT2D eigenvalue weighted by Gasteiger charge is -2.39. The van der Waals surface area contributed by atoms with Crippen LogP contribution in [0.3, 0.4) is 0 Å². The van der Waals surface area contributed by atoms with E-state index in [0.717, 1.165) is 62.6 Å². The third-order valence-corrected chi connectivity index (χ3v) is 6.13. The highest BCUT2D eigenvalue weighted by Crippen LogP contribution is 2.28. The van der Waals surface area contributed by atoms with Gasteiger partial charge in [-0.05, 0) is 46.7 Å². The molecule has 0 radical (unpaired) electrons. The number of halogens is 1. The minimum absolute atomic E-state index is 0.144. The van der Waals surface area contributed by atoms with Gasteiger partial charge < -0.3 is 9.64 Å². The second kappa shape index (κ2) is 10.5. The van der Waals surface area contributed by atoms with Gasteiger partial charge in [-0.3, -0.25) is 4.90 Å². The van der Waals surface area contributed by atoms with Crippen LogP contribution in [-0.4, -0.2) is 58.4 Å². The SMILES string of the molecule is CCCC[C@@H](c1nnnn1Cc1ccc(OC)cc1)N1CCN(c2ccccc2F)CC1. The average molecular weight is 439 g/mol. The largest absolute Gasteiger partial charge is 0.497 e. The highest BCUT2D eigenvalue weighted by atomic mass is 19.1. The summed E-state index contributed by atoms with van der Waals surface area (Å²) in [5, 5.41) is 12.7. The molecule has 32 heavy (non-hydrogen) atoms. The van der Waals surface area contributed by atoms with E-state index in [1.165, 1.54) is 6.07 Å². The molecule has 7 nitrogen and oxygen atoms in total. The second-order valence-electron chi connectivity index (χ2n) is 8.18. The normalized spacial score (nSPS) is 15.7. The van der Waals surface area contributed by atoms with Gasteiger partial charge in [-0.2, -0.15) is 0 Å². The summed E-state index contributed by atoms with van der Waals surface area (Å²) >= 11 is 0. The van der Waals surface area contributed by atoms with Crippen molar-refractivity contribution in [2.45, 2.75) is 38.8 Å². The third kappa shape index (κ3) is 5.07. The minimum Gasteiger partial charge on any atom is -0.497 e. The van der Waals surface area contributed by atoms with Crippen molar-refractivity contribution in [1.29, 1.82) is 0 Å². The maximum atomic E-state index is 14.2. The number of hydrogen-bond donors (Lipinski definition) is 0. The number of anilines is 1. The van der Waals surface area contributed by atoms with Crippen molar-refractivity contribution in [3.8, 4) is 5.75 Å². The highest BCUT2D eigenvalue weighted by molar-refractivity contribution is 5.48. The Bertz CT molecular complexity index is 984. The Balaban J connectivity index is 1.48. The lowest BCUT2D eigenvalue weighted by molar-refractivity contribution is 0.162. The van der Waals surface area contributed by atoms with Gasteiger partial charge in [0.05, 0.1) is 25.4 Å². The summed E-state index contributed by atoms with van der Waals surface area (Å²) in [6.45, 7) is 6.07. The van der Waals surface area contributed by atoms with Crippen molar-refractivity contribution >= 4 is 5.69 Å². The number of tetrazole rings is 1. The Morgan fingerprint density at radius 3 is 2.47 bits per heavy atom. The molecule has 1 fully saturated rings. The maximum Gasteiger partial charge on any atom is 0.168 e. The average Bonchev–Trinajstić information content (AvgIpc) is 3.28. The Labute approximate surface area is 188 Å². The smallest absolute Gasteiger partial charge is 0.168 e. The van der Waals surface area contributed by atoms with Crippen molar-refractivity contribution in [3.63, 3.8) is 0 Å². The molecule has 0 N–H and O–H groups in total. The van der Waals surface area contributed by atoms with E-state index in [1.54, 1.807) is 13.2 Å². The van der Waals surface area contributed by atoms with Gasteiger partial charge in [0.1, 0.15) is 11.6 Å². The lowest BCUT2D eigenvalue weighted by Crippen LogP contribution is -2.48. The number of methoxy groups -OCH3 is 1. The predicted molar refractivity (Wildman–Crippen MR) is 122 cm³/mol. The van der Waals surface area contributed by atoms with E-state index in [4.69, 9.17) is 4.74 Å². The first-order valence-electron chi connectivity index (χ1n) is 11.3. The lowest BCUT2D eigenvalue weighted by atomic mass is 10.1. The van der Waals surface area contributed by atoms with Crippen LogP contribution in [0.2, 0.25) is 0 Å². The zero-order chi connectivity index (χ0) is 22.3. The van der Waals surface area contributed by atoms with Crippen LogP contribution in [-0.2, 0) is 6.54 Å². The molecule has 0 amide bonds. The molecule has 4 rings (SSSR count). The van der Waals surface area contributed by atoms with Crippen LogP contribution in [0.25, 0.3) is 0 Å². The van der Waals surface area contributed by atoms with E-state index < -0.39 is 0 Å². The maximum absolute atomic E-state index is 14.2. The monoisotopic (exact) mass is 438 g/mol. The van der Waals surface area contributed by atoms with E-state index in [1.807, 2.05) is 41.1 Å². The Hall–Kier alpha value is -3.00. The Morgan fingerprint density at radius 2 is 1.78 bits per heavy atom. The van der Waals surface area contributed by atoms with Crippen molar-refractivity contribution in [3.05, 3.63) is 65.7 Å². The summed E-state index contributed by atoms with van der Waals surface area (Å²) in [4.78, 5) is 4.58. The quantitative estimate of drug-likeness (QED) is 0.505. The van der Waals surface area contributed by atoms with Gasteiger partial charge in [0.2, 0.25) is 0 Å². The first kappa shape index (κ1) is 22.2. The molecule has 0 aliphatic carbocycles. The fraction of sp³-hybridized carbons (Fsp3) is 0.458. The highest BCUT2D eigenvalue weighted by Gasteiger charge is 2.29. The first-order valence-corrected chi connectivity index (χ1v) is 11.3. The van der Waals surface area contributed by atoms with Gasteiger partial charge in [-0.15, -0.1) is 5.10 Å².